The lowest BCUT2D eigenvalue weighted by atomic mass is 9.81. The van der Waals surface area contributed by atoms with E-state index in [1.165, 1.54) is 0 Å². The van der Waals surface area contributed by atoms with Crippen molar-refractivity contribution in [3.63, 3.8) is 0 Å². The first-order valence-corrected chi connectivity index (χ1v) is 10.9. The quantitative estimate of drug-likeness (QED) is 0.773. The molecule has 8 heteroatoms. The Morgan fingerprint density at radius 3 is 2.52 bits per heavy atom. The Kier molecular flexibility index (Phi) is 5.77. The van der Waals surface area contributed by atoms with Crippen molar-refractivity contribution in [2.24, 2.45) is 5.41 Å². The summed E-state index contributed by atoms with van der Waals surface area (Å²) in [5.41, 5.74) is -1.43. The van der Waals surface area contributed by atoms with Crippen molar-refractivity contribution in [3.8, 4) is 0 Å². The van der Waals surface area contributed by atoms with Gasteiger partial charge in [-0.25, -0.2) is 4.79 Å². The maximum Gasteiger partial charge on any atom is 0.410 e. The van der Waals surface area contributed by atoms with E-state index in [9.17, 15) is 14.3 Å². The summed E-state index contributed by atoms with van der Waals surface area (Å²) in [6.45, 7) is 8.08. The largest absolute Gasteiger partial charge is 0.444 e. The van der Waals surface area contributed by atoms with Gasteiger partial charge in [0.1, 0.15) is 5.60 Å². The summed E-state index contributed by atoms with van der Waals surface area (Å²) in [5.74, 6) is 1.90. The second-order valence-electron chi connectivity index (χ2n) is 7.33. The van der Waals surface area contributed by atoms with Gasteiger partial charge < -0.3 is 19.1 Å². The van der Waals surface area contributed by atoms with E-state index in [0.29, 0.717) is 6.54 Å². The third-order valence-corrected chi connectivity index (χ3v) is 7.57. The molecule has 134 valence electrons. The van der Waals surface area contributed by atoms with E-state index in [2.05, 4.69) is 0 Å². The number of nitrogens with zero attached hydrogens (tertiary/aromatic N) is 1. The number of hydrogen-bond donors (Lipinski definition) is 1. The summed E-state index contributed by atoms with van der Waals surface area (Å²) in [6, 6.07) is 0. The molecule has 0 aromatic carbocycles. The van der Waals surface area contributed by atoms with Gasteiger partial charge in [-0.2, -0.15) is 11.8 Å². The van der Waals surface area contributed by atoms with Crippen LogP contribution in [0.4, 0.5) is 4.79 Å². The maximum absolute atomic E-state index is 12.7. The minimum Gasteiger partial charge on any atom is -0.444 e. The molecule has 0 saturated carbocycles. The van der Waals surface area contributed by atoms with Crippen molar-refractivity contribution < 1.29 is 23.5 Å². The van der Waals surface area contributed by atoms with Crippen LogP contribution in [0.2, 0.25) is 0 Å². The summed E-state index contributed by atoms with van der Waals surface area (Å²) in [7, 11) is -3.76. The predicted octanol–water partition coefficient (Wildman–Crippen LogP) is 3.34. The molecule has 0 radical (unpaired) electrons. The number of thioether (sulfide) groups is 1. The lowest BCUT2D eigenvalue weighted by Gasteiger charge is -2.38. The first kappa shape index (κ1) is 19.1. The molecule has 1 amide bonds. The average Bonchev–Trinajstić information content (AvgIpc) is 2.78. The highest BCUT2D eigenvalue weighted by molar-refractivity contribution is 7.99. The monoisotopic (exact) mass is 365 g/mol. The van der Waals surface area contributed by atoms with Gasteiger partial charge in [0.15, 0.2) is 0 Å². The Morgan fingerprint density at radius 1 is 1.39 bits per heavy atom. The summed E-state index contributed by atoms with van der Waals surface area (Å²) >= 11 is 1.85. The van der Waals surface area contributed by atoms with Crippen molar-refractivity contribution in [3.05, 3.63) is 0 Å². The molecule has 0 aromatic heterocycles. The van der Waals surface area contributed by atoms with E-state index >= 15 is 0 Å². The third kappa shape index (κ3) is 4.44. The molecule has 2 atom stereocenters. The fourth-order valence-corrected chi connectivity index (χ4v) is 6.70. The van der Waals surface area contributed by atoms with Crippen molar-refractivity contribution in [2.45, 2.75) is 51.8 Å². The van der Waals surface area contributed by atoms with Gasteiger partial charge in [0, 0.05) is 18.5 Å². The second kappa shape index (κ2) is 6.95. The molecule has 6 nitrogen and oxygen atoms in total. The molecule has 2 rings (SSSR count). The number of carbonyl (C=O) groups is 1. The van der Waals surface area contributed by atoms with Crippen molar-refractivity contribution >= 4 is 25.5 Å². The molecule has 2 unspecified atom stereocenters. The fraction of sp³-hybridized carbons (Fsp3) is 0.933. The van der Waals surface area contributed by atoms with Crippen LogP contribution < -0.4 is 0 Å². The highest BCUT2D eigenvalue weighted by Crippen LogP contribution is 2.60. The Morgan fingerprint density at radius 2 is 2.00 bits per heavy atom. The van der Waals surface area contributed by atoms with Crippen molar-refractivity contribution in [1.29, 1.82) is 0 Å². The first-order chi connectivity index (χ1) is 10.6. The van der Waals surface area contributed by atoms with Gasteiger partial charge in [0.25, 0.3) is 0 Å². The molecule has 2 aliphatic rings. The highest BCUT2D eigenvalue weighted by atomic mass is 32.2. The minimum atomic E-state index is -3.76. The second-order valence-corrected chi connectivity index (χ2v) is 10.6. The minimum absolute atomic E-state index is 0.196. The molecule has 1 N–H and O–H groups in total. The van der Waals surface area contributed by atoms with Crippen LogP contribution in [0.3, 0.4) is 0 Å². The molecule has 0 aromatic rings. The molecular formula is C15H28NO5PS. The van der Waals surface area contributed by atoms with Crippen molar-refractivity contribution in [1.82, 2.24) is 4.90 Å². The van der Waals surface area contributed by atoms with E-state index in [0.717, 1.165) is 24.3 Å². The summed E-state index contributed by atoms with van der Waals surface area (Å²) in [5, 5.41) is 0. The van der Waals surface area contributed by atoms with Gasteiger partial charge in [0.2, 0.25) is 0 Å². The molecule has 2 saturated heterocycles. The number of amides is 1. The highest BCUT2D eigenvalue weighted by Gasteiger charge is 2.56. The smallest absolute Gasteiger partial charge is 0.410 e. The number of hydrogen-bond acceptors (Lipinski definition) is 5. The Bertz CT molecular complexity index is 487. The molecule has 0 aliphatic carbocycles. The zero-order valence-electron chi connectivity index (χ0n) is 14.4. The predicted molar refractivity (Wildman–Crippen MR) is 92.0 cm³/mol. The van der Waals surface area contributed by atoms with E-state index in [1.54, 1.807) is 11.8 Å². The van der Waals surface area contributed by atoms with Gasteiger partial charge in [-0.1, -0.05) is 0 Å². The van der Waals surface area contributed by atoms with Crippen LogP contribution in [0.5, 0.6) is 0 Å². The number of rotatable bonds is 3. The molecular weight excluding hydrogens is 337 g/mol. The zero-order valence-corrected chi connectivity index (χ0v) is 16.1. The maximum atomic E-state index is 12.7. The SMILES string of the molecule is CCOP(=O)(O)C1CN(C(=O)OC(C)(C)C)CC12CCSCC2. The van der Waals surface area contributed by atoms with E-state index in [1.807, 2.05) is 32.5 Å². The van der Waals surface area contributed by atoms with Crippen LogP contribution in [0.15, 0.2) is 0 Å². The molecule has 2 fully saturated rings. The number of ether oxygens (including phenoxy) is 1. The van der Waals surface area contributed by atoms with E-state index in [-0.39, 0.29) is 18.6 Å². The van der Waals surface area contributed by atoms with Crippen LogP contribution in [0.1, 0.15) is 40.5 Å². The van der Waals surface area contributed by atoms with Crippen LogP contribution in [0, 0.1) is 5.41 Å². The number of carbonyl (C=O) groups excluding carboxylic acids is 1. The molecule has 23 heavy (non-hydrogen) atoms. The van der Waals surface area contributed by atoms with Crippen LogP contribution >= 0.6 is 19.4 Å². The summed E-state index contributed by atoms with van der Waals surface area (Å²) in [6.07, 6.45) is 1.26. The van der Waals surface area contributed by atoms with Crippen LogP contribution in [-0.4, -0.2) is 58.3 Å². The van der Waals surface area contributed by atoms with Gasteiger partial charge in [-0.3, -0.25) is 4.57 Å². The first-order valence-electron chi connectivity index (χ1n) is 8.12. The lowest BCUT2D eigenvalue weighted by Crippen LogP contribution is -2.39. The fourth-order valence-electron chi connectivity index (χ4n) is 3.41. The molecule has 2 heterocycles. The van der Waals surface area contributed by atoms with Gasteiger partial charge >= 0.3 is 13.7 Å². The van der Waals surface area contributed by atoms with Gasteiger partial charge in [-0.05, 0) is 52.0 Å². The Labute approximate surface area is 142 Å². The van der Waals surface area contributed by atoms with Gasteiger partial charge in [0.05, 0.1) is 12.3 Å². The molecule has 1 spiro atoms. The number of likely N-dealkylation sites (tertiary alicyclic amines) is 1. The van der Waals surface area contributed by atoms with Gasteiger partial charge in [-0.15, -0.1) is 0 Å². The normalized spacial score (nSPS) is 27.0. The molecule has 2 aliphatic heterocycles. The molecule has 0 bridgehead atoms. The Balaban J connectivity index is 2.22. The van der Waals surface area contributed by atoms with E-state index in [4.69, 9.17) is 9.26 Å². The van der Waals surface area contributed by atoms with Crippen LogP contribution in [0.25, 0.3) is 0 Å². The van der Waals surface area contributed by atoms with E-state index < -0.39 is 24.9 Å². The van der Waals surface area contributed by atoms with Crippen LogP contribution in [-0.2, 0) is 13.8 Å². The lowest BCUT2D eigenvalue weighted by molar-refractivity contribution is 0.0270. The standard InChI is InChI=1S/C15H28NO5PS/c1-5-20-22(18,19)12-10-16(13(17)21-14(2,3)4)11-15(12)6-8-23-9-7-15/h12H,5-11H2,1-4H3,(H,18,19). The van der Waals surface area contributed by atoms with Crippen molar-refractivity contribution in [2.75, 3.05) is 31.2 Å². The summed E-state index contributed by atoms with van der Waals surface area (Å²) < 4.78 is 23.3. The zero-order chi connectivity index (χ0) is 17.3. The Hall–Kier alpha value is -0.230. The summed E-state index contributed by atoms with van der Waals surface area (Å²) in [4.78, 5) is 24.4. The average molecular weight is 365 g/mol. The third-order valence-electron chi connectivity index (χ3n) is 4.45. The topological polar surface area (TPSA) is 76.1 Å².